The number of benzene rings is 2. The molecule has 2 aromatic heterocycles. The molecule has 1 atom stereocenters. The number of pyridine rings is 1. The van der Waals surface area contributed by atoms with Gasteiger partial charge in [-0.3, -0.25) is 4.79 Å². The first-order valence-electron chi connectivity index (χ1n) is 12.3. The molecule has 2 heterocycles. The molecule has 4 aromatic rings. The van der Waals surface area contributed by atoms with Crippen LogP contribution in [0.2, 0.25) is 0 Å². The van der Waals surface area contributed by atoms with Gasteiger partial charge in [0, 0.05) is 27.8 Å². The Kier molecular flexibility index (Phi) is 5.86. The van der Waals surface area contributed by atoms with Gasteiger partial charge in [0.25, 0.3) is 5.56 Å². The topological polar surface area (TPSA) is 91.4 Å². The summed E-state index contributed by atoms with van der Waals surface area (Å²) in [5.41, 5.74) is 4.32. The Hall–Kier alpha value is -3.32. The lowest BCUT2D eigenvalue weighted by Crippen LogP contribution is -2.59. The molecule has 6 nitrogen and oxygen atoms in total. The van der Waals surface area contributed by atoms with Gasteiger partial charge in [-0.15, -0.1) is 11.3 Å². The number of hydrogen-bond acceptors (Lipinski definition) is 4. The number of nitrogens with one attached hydrogen (secondary N) is 2. The van der Waals surface area contributed by atoms with Crippen LogP contribution >= 0.6 is 11.3 Å². The van der Waals surface area contributed by atoms with Crippen molar-refractivity contribution in [2.45, 2.75) is 58.4 Å². The minimum atomic E-state index is -0.984. The van der Waals surface area contributed by atoms with E-state index in [-0.39, 0.29) is 22.4 Å². The molecular weight excluding hydrogens is 472 g/mol. The smallest absolute Gasteiger partial charge is 0.404 e. The first kappa shape index (κ1) is 24.4. The fourth-order valence-electron chi connectivity index (χ4n) is 6.09. The third-order valence-corrected chi connectivity index (χ3v) is 8.68. The number of H-pyrrole nitrogens is 1. The third kappa shape index (κ3) is 3.77. The second kappa shape index (κ2) is 8.66. The average Bonchev–Trinajstić information content (AvgIpc) is 3.29. The number of carbonyl (C=O) groups is 1. The van der Waals surface area contributed by atoms with Gasteiger partial charge in [-0.25, -0.2) is 4.79 Å². The first-order valence-corrected chi connectivity index (χ1v) is 13.2. The summed E-state index contributed by atoms with van der Waals surface area (Å²) >= 11 is 1.44. The summed E-state index contributed by atoms with van der Waals surface area (Å²) in [6.07, 6.45) is 1.99. The highest BCUT2D eigenvalue weighted by atomic mass is 32.1. The standard InChI is InChI=1S/C29H32N2O4S/c1-16-15-20(35-5)21(22-19-11-14-36-24(19)25(32)30-23(16)22)17-7-9-18(10-8-17)29(12-6-13-29)26(28(2,3)4)31-27(33)34/h7-11,14-15,26,31H,6,12-13H2,1-5H3,(H,30,32)(H,33,34). The van der Waals surface area contributed by atoms with Crippen molar-refractivity contribution in [3.05, 3.63) is 63.3 Å². The lowest BCUT2D eigenvalue weighted by molar-refractivity contribution is 0.0851. The highest BCUT2D eigenvalue weighted by Crippen LogP contribution is 2.51. The predicted octanol–water partition coefficient (Wildman–Crippen LogP) is 6.83. The summed E-state index contributed by atoms with van der Waals surface area (Å²) in [6.45, 7) is 8.27. The van der Waals surface area contributed by atoms with Crippen LogP contribution in [-0.4, -0.2) is 29.3 Å². The van der Waals surface area contributed by atoms with E-state index < -0.39 is 6.09 Å². The van der Waals surface area contributed by atoms with E-state index in [1.807, 2.05) is 24.4 Å². The Morgan fingerprint density at radius 2 is 1.89 bits per heavy atom. The van der Waals surface area contributed by atoms with Crippen LogP contribution in [0.1, 0.15) is 51.2 Å². The molecule has 7 heteroatoms. The van der Waals surface area contributed by atoms with E-state index in [0.29, 0.717) is 4.70 Å². The summed E-state index contributed by atoms with van der Waals surface area (Å²) in [6, 6.07) is 12.3. The van der Waals surface area contributed by atoms with Crippen LogP contribution in [-0.2, 0) is 5.41 Å². The summed E-state index contributed by atoms with van der Waals surface area (Å²) < 4.78 is 6.54. The Balaban J connectivity index is 1.69. The number of carboxylic acid groups (broad SMARTS) is 1. The van der Waals surface area contributed by atoms with Gasteiger partial charge in [0.15, 0.2) is 0 Å². The number of ether oxygens (including phenoxy) is 1. The molecule has 0 spiro atoms. The van der Waals surface area contributed by atoms with Gasteiger partial charge >= 0.3 is 6.09 Å². The van der Waals surface area contributed by atoms with E-state index >= 15 is 0 Å². The van der Waals surface area contributed by atoms with Crippen molar-refractivity contribution in [2.24, 2.45) is 5.41 Å². The number of thiophene rings is 1. The number of hydrogen-bond donors (Lipinski definition) is 3. The van der Waals surface area contributed by atoms with E-state index in [1.165, 1.54) is 11.3 Å². The number of amides is 1. The molecule has 1 aliphatic rings. The molecule has 0 saturated heterocycles. The van der Waals surface area contributed by atoms with Crippen LogP contribution in [0.4, 0.5) is 4.79 Å². The maximum absolute atomic E-state index is 12.7. The van der Waals surface area contributed by atoms with Gasteiger partial charge in [0.2, 0.25) is 0 Å². The van der Waals surface area contributed by atoms with Crippen molar-refractivity contribution >= 4 is 38.4 Å². The highest BCUT2D eigenvalue weighted by molar-refractivity contribution is 7.17. The van der Waals surface area contributed by atoms with E-state index in [1.54, 1.807) is 7.11 Å². The lowest BCUT2D eigenvalue weighted by atomic mass is 9.55. The zero-order chi connectivity index (χ0) is 25.8. The zero-order valence-corrected chi connectivity index (χ0v) is 22.1. The molecule has 3 N–H and O–H groups in total. The van der Waals surface area contributed by atoms with Gasteiger partial charge < -0.3 is 20.1 Å². The zero-order valence-electron chi connectivity index (χ0n) is 21.3. The third-order valence-electron chi connectivity index (χ3n) is 7.77. The molecule has 188 valence electrons. The summed E-state index contributed by atoms with van der Waals surface area (Å²) in [5.74, 6) is 0.755. The molecule has 0 aliphatic heterocycles. The van der Waals surface area contributed by atoms with E-state index in [0.717, 1.165) is 63.6 Å². The molecule has 0 bridgehead atoms. The quantitative estimate of drug-likeness (QED) is 0.278. The van der Waals surface area contributed by atoms with Gasteiger partial charge in [-0.2, -0.15) is 0 Å². The molecule has 1 fully saturated rings. The van der Waals surface area contributed by atoms with Crippen LogP contribution in [0, 0.1) is 12.3 Å². The molecule has 1 saturated carbocycles. The van der Waals surface area contributed by atoms with Crippen LogP contribution in [0.3, 0.4) is 0 Å². The summed E-state index contributed by atoms with van der Waals surface area (Å²) in [4.78, 5) is 27.5. The van der Waals surface area contributed by atoms with Crippen LogP contribution in [0.15, 0.2) is 46.6 Å². The van der Waals surface area contributed by atoms with Crippen LogP contribution in [0.25, 0.3) is 32.1 Å². The number of fused-ring (bicyclic) bond motifs is 3. The SMILES string of the molecule is COc1cc(C)c2[nH]c(=O)c3sccc3c2c1-c1ccc(C2(C(NC(=O)O)C(C)(C)C)CCC2)cc1. The Morgan fingerprint density at radius 1 is 1.19 bits per heavy atom. The number of aromatic nitrogens is 1. The van der Waals surface area contributed by atoms with E-state index in [2.05, 4.69) is 55.3 Å². The van der Waals surface area contributed by atoms with Crippen molar-refractivity contribution in [1.82, 2.24) is 10.3 Å². The second-order valence-corrected chi connectivity index (χ2v) is 11.9. The molecule has 5 rings (SSSR count). The Labute approximate surface area is 214 Å². The van der Waals surface area contributed by atoms with Crippen LogP contribution < -0.4 is 15.6 Å². The fraction of sp³-hybridized carbons (Fsp3) is 0.379. The molecule has 1 unspecified atom stereocenters. The largest absolute Gasteiger partial charge is 0.496 e. The number of aromatic amines is 1. The van der Waals surface area contributed by atoms with Gasteiger partial charge in [0.05, 0.1) is 12.6 Å². The maximum atomic E-state index is 12.7. The molecule has 1 aliphatic carbocycles. The molecule has 0 radical (unpaired) electrons. The molecule has 36 heavy (non-hydrogen) atoms. The van der Waals surface area contributed by atoms with E-state index in [9.17, 15) is 14.7 Å². The number of rotatable bonds is 5. The highest BCUT2D eigenvalue weighted by Gasteiger charge is 2.50. The van der Waals surface area contributed by atoms with Crippen molar-refractivity contribution in [2.75, 3.05) is 7.11 Å². The Morgan fingerprint density at radius 3 is 2.44 bits per heavy atom. The molecule has 2 aromatic carbocycles. The van der Waals surface area contributed by atoms with Crippen molar-refractivity contribution in [1.29, 1.82) is 0 Å². The number of methoxy groups -OCH3 is 1. The summed E-state index contributed by atoms with van der Waals surface area (Å²) in [5, 5.41) is 16.3. The average molecular weight is 505 g/mol. The van der Waals surface area contributed by atoms with Gasteiger partial charge in [0.1, 0.15) is 10.4 Å². The first-order chi connectivity index (χ1) is 17.1. The summed E-state index contributed by atoms with van der Waals surface area (Å²) in [7, 11) is 1.67. The van der Waals surface area contributed by atoms with Crippen LogP contribution in [0.5, 0.6) is 5.75 Å². The maximum Gasteiger partial charge on any atom is 0.404 e. The van der Waals surface area contributed by atoms with Crippen molar-refractivity contribution < 1.29 is 14.6 Å². The van der Waals surface area contributed by atoms with E-state index in [4.69, 9.17) is 4.74 Å². The minimum absolute atomic E-state index is 0.0758. The predicted molar refractivity (Wildman–Crippen MR) is 147 cm³/mol. The normalized spacial score (nSPS) is 16.0. The fourth-order valence-corrected chi connectivity index (χ4v) is 6.89. The minimum Gasteiger partial charge on any atom is -0.496 e. The number of aryl methyl sites for hydroxylation is 1. The molecule has 1 amide bonds. The molecular formula is C29H32N2O4S. The van der Waals surface area contributed by atoms with Crippen molar-refractivity contribution in [3.63, 3.8) is 0 Å². The van der Waals surface area contributed by atoms with Gasteiger partial charge in [-0.05, 0) is 59.4 Å². The van der Waals surface area contributed by atoms with Crippen molar-refractivity contribution in [3.8, 4) is 16.9 Å². The Bertz CT molecular complexity index is 1520. The second-order valence-electron chi connectivity index (χ2n) is 11.0. The lowest BCUT2D eigenvalue weighted by Gasteiger charge is -2.53. The van der Waals surface area contributed by atoms with Gasteiger partial charge in [-0.1, -0.05) is 51.5 Å². The monoisotopic (exact) mass is 504 g/mol.